The Morgan fingerprint density at radius 3 is 2.76 bits per heavy atom. The highest BCUT2D eigenvalue weighted by Gasteiger charge is 2.19. The molecule has 1 N–H and O–H groups in total. The molecule has 1 aromatic carbocycles. The lowest BCUT2D eigenvalue weighted by molar-refractivity contribution is 0.175. The molecule has 0 saturated carbocycles. The van der Waals surface area contributed by atoms with Crippen LogP contribution in [0, 0.1) is 5.92 Å². The van der Waals surface area contributed by atoms with Gasteiger partial charge in [-0.05, 0) is 75.1 Å². The third-order valence-electron chi connectivity index (χ3n) is 4.21. The fraction of sp³-hybridized carbons (Fsp3) is 0.647. The highest BCUT2D eigenvalue weighted by atomic mass is 79.9. The number of likely N-dealkylation sites (tertiary alicyclic amines) is 1. The predicted molar refractivity (Wildman–Crippen MR) is 91.9 cm³/mol. The molecule has 1 aliphatic rings. The van der Waals surface area contributed by atoms with Crippen molar-refractivity contribution in [3.63, 3.8) is 0 Å². The Morgan fingerprint density at radius 1 is 1.33 bits per heavy atom. The monoisotopic (exact) mass is 354 g/mol. The summed E-state index contributed by atoms with van der Waals surface area (Å²) in [4.78, 5) is 2.55. The molecular weight excluding hydrogens is 328 g/mol. The highest BCUT2D eigenvalue weighted by Crippen LogP contribution is 2.25. The summed E-state index contributed by atoms with van der Waals surface area (Å²) in [5.74, 6) is 1.79. The molecule has 1 aromatic rings. The van der Waals surface area contributed by atoms with E-state index in [1.807, 2.05) is 6.07 Å². The van der Waals surface area contributed by atoms with E-state index < -0.39 is 0 Å². The minimum atomic E-state index is 0.849. The topological polar surface area (TPSA) is 24.5 Å². The molecule has 0 spiro atoms. The standard InChI is InChI=1S/C17H27BrN2O/c1-3-8-19-12-14-6-9-20(10-7-14)13-15-11-16(21-2)4-5-17(15)18/h4-5,11,14,19H,3,6-10,12-13H2,1-2H3. The largest absolute Gasteiger partial charge is 0.497 e. The number of hydrogen-bond donors (Lipinski definition) is 1. The van der Waals surface area contributed by atoms with Crippen LogP contribution in [0.4, 0.5) is 0 Å². The van der Waals surface area contributed by atoms with Crippen LogP contribution in [0.15, 0.2) is 22.7 Å². The molecule has 0 amide bonds. The summed E-state index contributed by atoms with van der Waals surface area (Å²) in [5, 5.41) is 3.55. The van der Waals surface area contributed by atoms with Crippen LogP contribution in [-0.4, -0.2) is 38.2 Å². The molecule has 0 aliphatic carbocycles. The number of methoxy groups -OCH3 is 1. The Hall–Kier alpha value is -0.580. The maximum Gasteiger partial charge on any atom is 0.119 e. The van der Waals surface area contributed by atoms with Crippen molar-refractivity contribution in [2.75, 3.05) is 33.3 Å². The van der Waals surface area contributed by atoms with E-state index in [2.05, 4.69) is 45.2 Å². The van der Waals surface area contributed by atoms with Gasteiger partial charge in [0, 0.05) is 11.0 Å². The van der Waals surface area contributed by atoms with Gasteiger partial charge in [-0.1, -0.05) is 22.9 Å². The van der Waals surface area contributed by atoms with Crippen LogP contribution in [0.2, 0.25) is 0 Å². The summed E-state index contributed by atoms with van der Waals surface area (Å²) in [7, 11) is 1.72. The molecule has 0 atom stereocenters. The van der Waals surface area contributed by atoms with Gasteiger partial charge in [-0.25, -0.2) is 0 Å². The van der Waals surface area contributed by atoms with Crippen LogP contribution in [-0.2, 0) is 6.54 Å². The third kappa shape index (κ3) is 5.28. The van der Waals surface area contributed by atoms with Gasteiger partial charge in [-0.3, -0.25) is 4.90 Å². The van der Waals surface area contributed by atoms with Crippen molar-refractivity contribution < 1.29 is 4.74 Å². The Labute approximate surface area is 137 Å². The van der Waals surface area contributed by atoms with E-state index in [9.17, 15) is 0 Å². The molecule has 1 aliphatic heterocycles. The number of halogens is 1. The van der Waals surface area contributed by atoms with Crippen LogP contribution in [0.5, 0.6) is 5.75 Å². The van der Waals surface area contributed by atoms with Crippen molar-refractivity contribution in [3.8, 4) is 5.75 Å². The molecule has 2 rings (SSSR count). The van der Waals surface area contributed by atoms with E-state index in [0.717, 1.165) is 24.8 Å². The van der Waals surface area contributed by atoms with Crippen LogP contribution < -0.4 is 10.1 Å². The summed E-state index contributed by atoms with van der Waals surface area (Å²) in [6.07, 6.45) is 3.83. The van der Waals surface area contributed by atoms with Crippen molar-refractivity contribution in [3.05, 3.63) is 28.2 Å². The van der Waals surface area contributed by atoms with Gasteiger partial charge >= 0.3 is 0 Å². The second-order valence-electron chi connectivity index (χ2n) is 5.88. The zero-order chi connectivity index (χ0) is 15.1. The van der Waals surface area contributed by atoms with Gasteiger partial charge in [0.1, 0.15) is 5.75 Å². The van der Waals surface area contributed by atoms with E-state index in [0.29, 0.717) is 0 Å². The lowest BCUT2D eigenvalue weighted by Gasteiger charge is -2.32. The minimum absolute atomic E-state index is 0.849. The molecule has 1 saturated heterocycles. The second-order valence-corrected chi connectivity index (χ2v) is 6.74. The Morgan fingerprint density at radius 2 is 2.10 bits per heavy atom. The summed E-state index contributed by atoms with van der Waals surface area (Å²) < 4.78 is 6.50. The van der Waals surface area contributed by atoms with Crippen LogP contribution in [0.25, 0.3) is 0 Å². The number of benzene rings is 1. The lowest BCUT2D eigenvalue weighted by Crippen LogP contribution is -2.37. The maximum atomic E-state index is 5.32. The Kier molecular flexibility index (Phi) is 7.00. The van der Waals surface area contributed by atoms with Gasteiger partial charge in [0.05, 0.1) is 7.11 Å². The number of ether oxygens (including phenoxy) is 1. The fourth-order valence-electron chi connectivity index (χ4n) is 2.87. The number of piperidine rings is 1. The van der Waals surface area contributed by atoms with Gasteiger partial charge < -0.3 is 10.1 Å². The maximum absolute atomic E-state index is 5.32. The molecule has 0 unspecified atom stereocenters. The number of nitrogens with one attached hydrogen (secondary N) is 1. The fourth-order valence-corrected chi connectivity index (χ4v) is 3.24. The van der Waals surface area contributed by atoms with E-state index >= 15 is 0 Å². The lowest BCUT2D eigenvalue weighted by atomic mass is 9.96. The van der Waals surface area contributed by atoms with Gasteiger partial charge in [-0.15, -0.1) is 0 Å². The zero-order valence-corrected chi connectivity index (χ0v) is 14.8. The smallest absolute Gasteiger partial charge is 0.119 e. The highest BCUT2D eigenvalue weighted by molar-refractivity contribution is 9.10. The molecular formula is C17H27BrN2O. The molecule has 4 heteroatoms. The van der Waals surface area contributed by atoms with Crippen LogP contribution in [0.3, 0.4) is 0 Å². The second kappa shape index (κ2) is 8.76. The molecule has 0 bridgehead atoms. The quantitative estimate of drug-likeness (QED) is 0.756. The first-order valence-corrected chi connectivity index (χ1v) is 8.77. The van der Waals surface area contributed by atoms with Gasteiger partial charge in [0.15, 0.2) is 0 Å². The van der Waals surface area contributed by atoms with Crippen molar-refractivity contribution in [2.45, 2.75) is 32.7 Å². The molecule has 1 fully saturated rings. The molecule has 0 aromatic heterocycles. The molecule has 0 radical (unpaired) electrons. The van der Waals surface area contributed by atoms with E-state index in [1.54, 1.807) is 7.11 Å². The molecule has 118 valence electrons. The molecule has 1 heterocycles. The van der Waals surface area contributed by atoms with Gasteiger partial charge in [-0.2, -0.15) is 0 Å². The predicted octanol–water partition coefficient (Wildman–Crippen LogP) is 3.67. The zero-order valence-electron chi connectivity index (χ0n) is 13.2. The number of rotatable bonds is 7. The SMILES string of the molecule is CCCNCC1CCN(Cc2cc(OC)ccc2Br)CC1. The average molecular weight is 355 g/mol. The van der Waals surface area contributed by atoms with Crippen molar-refractivity contribution in [1.29, 1.82) is 0 Å². The summed E-state index contributed by atoms with van der Waals surface area (Å²) in [6.45, 7) is 7.96. The Bertz CT molecular complexity index is 431. The molecule has 21 heavy (non-hydrogen) atoms. The third-order valence-corrected chi connectivity index (χ3v) is 4.99. The first kappa shape index (κ1) is 16.8. The van der Waals surface area contributed by atoms with Crippen molar-refractivity contribution in [1.82, 2.24) is 10.2 Å². The summed E-state index contributed by atoms with van der Waals surface area (Å²) >= 11 is 3.65. The van der Waals surface area contributed by atoms with Crippen LogP contribution >= 0.6 is 15.9 Å². The molecule has 3 nitrogen and oxygen atoms in total. The summed E-state index contributed by atoms with van der Waals surface area (Å²) in [6, 6.07) is 6.22. The van der Waals surface area contributed by atoms with Crippen LogP contribution in [0.1, 0.15) is 31.7 Å². The number of nitrogens with zero attached hydrogens (tertiary/aromatic N) is 1. The first-order chi connectivity index (χ1) is 10.2. The number of hydrogen-bond acceptors (Lipinski definition) is 3. The summed E-state index contributed by atoms with van der Waals surface area (Å²) in [5.41, 5.74) is 1.32. The van der Waals surface area contributed by atoms with E-state index in [1.165, 1.54) is 48.9 Å². The van der Waals surface area contributed by atoms with Gasteiger partial charge in [0.2, 0.25) is 0 Å². The first-order valence-electron chi connectivity index (χ1n) is 7.98. The van der Waals surface area contributed by atoms with E-state index in [4.69, 9.17) is 4.74 Å². The Balaban J connectivity index is 1.80. The van der Waals surface area contributed by atoms with Gasteiger partial charge in [0.25, 0.3) is 0 Å². The van der Waals surface area contributed by atoms with E-state index in [-0.39, 0.29) is 0 Å². The van der Waals surface area contributed by atoms with Crippen molar-refractivity contribution >= 4 is 15.9 Å². The normalized spacial score (nSPS) is 17.1. The minimum Gasteiger partial charge on any atom is -0.497 e. The van der Waals surface area contributed by atoms with Crippen molar-refractivity contribution in [2.24, 2.45) is 5.92 Å². The average Bonchev–Trinajstić information content (AvgIpc) is 2.51.